The second-order valence-corrected chi connectivity index (χ2v) is 8.37. The number of nitrogens with two attached hydrogens (primary N) is 1. The van der Waals surface area contributed by atoms with Gasteiger partial charge in [0.25, 0.3) is 0 Å². The Kier molecular flexibility index (Phi) is 5.39. The predicted molar refractivity (Wildman–Crippen MR) is 86.9 cm³/mol. The second kappa shape index (κ2) is 6.47. The van der Waals surface area contributed by atoms with Gasteiger partial charge in [-0.05, 0) is 50.5 Å². The Hall–Kier alpha value is -1.56. The van der Waals surface area contributed by atoms with Crippen LogP contribution in [0.1, 0.15) is 33.3 Å². The van der Waals surface area contributed by atoms with Gasteiger partial charge in [-0.25, -0.2) is 8.42 Å². The minimum atomic E-state index is -3.52. The average Bonchev–Trinajstić information content (AvgIpc) is 2.39. The first-order chi connectivity index (χ1) is 9.57. The average molecular weight is 312 g/mol. The molecule has 21 heavy (non-hydrogen) atoms. The number of carbonyl (C=O) groups excluding carboxylic acids is 1. The molecule has 0 radical (unpaired) electrons. The third kappa shape index (κ3) is 3.97. The summed E-state index contributed by atoms with van der Waals surface area (Å²) in [6, 6.07) is 5.07. The SMILES string of the molecule is Cc1cc(N)ccc1NC(=O)C(C)S(=O)(=O)C(C)C(C)C. The Balaban J connectivity index is 2.93. The number of carbonyl (C=O) groups is 1. The number of amides is 1. The number of anilines is 2. The number of nitrogen functional groups attached to an aromatic ring is 1. The van der Waals surface area contributed by atoms with E-state index in [1.54, 1.807) is 25.1 Å². The molecule has 0 aromatic heterocycles. The molecular formula is C15H24N2O3S. The Morgan fingerprint density at radius 3 is 2.24 bits per heavy atom. The number of hydrogen-bond donors (Lipinski definition) is 2. The number of sulfone groups is 1. The van der Waals surface area contributed by atoms with Crippen molar-refractivity contribution in [3.05, 3.63) is 23.8 Å². The predicted octanol–water partition coefficient (Wildman–Crippen LogP) is 2.36. The van der Waals surface area contributed by atoms with E-state index >= 15 is 0 Å². The summed E-state index contributed by atoms with van der Waals surface area (Å²) in [5.74, 6) is -0.557. The van der Waals surface area contributed by atoms with E-state index in [1.165, 1.54) is 6.92 Å². The van der Waals surface area contributed by atoms with Crippen LogP contribution < -0.4 is 11.1 Å². The van der Waals surface area contributed by atoms with Gasteiger partial charge in [0.05, 0.1) is 5.25 Å². The summed E-state index contributed by atoms with van der Waals surface area (Å²) in [6.45, 7) is 8.53. The molecule has 1 aromatic carbocycles. The molecule has 0 aliphatic carbocycles. The summed E-state index contributed by atoms with van der Waals surface area (Å²) in [5.41, 5.74) is 7.62. The smallest absolute Gasteiger partial charge is 0.242 e. The van der Waals surface area contributed by atoms with E-state index in [9.17, 15) is 13.2 Å². The fourth-order valence-electron chi connectivity index (χ4n) is 1.91. The summed E-state index contributed by atoms with van der Waals surface area (Å²) in [4.78, 5) is 12.2. The summed E-state index contributed by atoms with van der Waals surface area (Å²) in [6.07, 6.45) is 0. The van der Waals surface area contributed by atoms with Gasteiger partial charge in [0, 0.05) is 11.4 Å². The van der Waals surface area contributed by atoms with Gasteiger partial charge in [-0.1, -0.05) is 13.8 Å². The molecule has 0 saturated heterocycles. The number of rotatable bonds is 5. The molecule has 2 unspecified atom stereocenters. The van der Waals surface area contributed by atoms with Gasteiger partial charge >= 0.3 is 0 Å². The summed E-state index contributed by atoms with van der Waals surface area (Å²) in [5, 5.41) is 1.01. The maximum Gasteiger partial charge on any atom is 0.242 e. The van der Waals surface area contributed by atoms with Crippen LogP contribution in [0.4, 0.5) is 11.4 Å². The van der Waals surface area contributed by atoms with E-state index < -0.39 is 26.2 Å². The minimum absolute atomic E-state index is 0.0384. The molecule has 118 valence electrons. The lowest BCUT2D eigenvalue weighted by Gasteiger charge is -2.21. The highest BCUT2D eigenvalue weighted by atomic mass is 32.2. The zero-order valence-electron chi connectivity index (χ0n) is 13.2. The van der Waals surface area contributed by atoms with Gasteiger partial charge in [0.1, 0.15) is 5.25 Å². The normalized spacial score (nSPS) is 14.8. The summed E-state index contributed by atoms with van der Waals surface area (Å²) >= 11 is 0. The van der Waals surface area contributed by atoms with Gasteiger partial charge in [0.2, 0.25) is 5.91 Å². The molecule has 3 N–H and O–H groups in total. The molecule has 1 amide bonds. The van der Waals surface area contributed by atoms with Gasteiger partial charge < -0.3 is 11.1 Å². The fourth-order valence-corrected chi connectivity index (χ4v) is 3.67. The molecule has 0 heterocycles. The highest BCUT2D eigenvalue weighted by Gasteiger charge is 2.34. The van der Waals surface area contributed by atoms with Crippen molar-refractivity contribution in [3.8, 4) is 0 Å². The first-order valence-electron chi connectivity index (χ1n) is 6.97. The number of aryl methyl sites for hydroxylation is 1. The fraction of sp³-hybridized carbons (Fsp3) is 0.533. The van der Waals surface area contributed by atoms with Crippen molar-refractivity contribution < 1.29 is 13.2 Å². The quantitative estimate of drug-likeness (QED) is 0.817. The highest BCUT2D eigenvalue weighted by molar-refractivity contribution is 7.93. The third-order valence-corrected chi connectivity index (χ3v) is 6.61. The lowest BCUT2D eigenvalue weighted by Crippen LogP contribution is -2.39. The third-order valence-electron chi connectivity index (χ3n) is 3.83. The maximum atomic E-state index is 12.4. The molecule has 0 saturated carbocycles. The van der Waals surface area contributed by atoms with Crippen molar-refractivity contribution in [3.63, 3.8) is 0 Å². The van der Waals surface area contributed by atoms with Crippen molar-refractivity contribution in [1.82, 2.24) is 0 Å². The van der Waals surface area contributed by atoms with Crippen LogP contribution in [-0.2, 0) is 14.6 Å². The van der Waals surface area contributed by atoms with Crippen molar-refractivity contribution in [1.29, 1.82) is 0 Å². The van der Waals surface area contributed by atoms with Gasteiger partial charge in [-0.3, -0.25) is 4.79 Å². The number of hydrogen-bond acceptors (Lipinski definition) is 4. The van der Waals surface area contributed by atoms with Crippen LogP contribution >= 0.6 is 0 Å². The van der Waals surface area contributed by atoms with Crippen LogP contribution in [0.25, 0.3) is 0 Å². The Labute approximate surface area is 126 Å². The molecule has 0 fully saturated rings. The molecule has 6 heteroatoms. The second-order valence-electron chi connectivity index (χ2n) is 5.74. The van der Waals surface area contributed by atoms with Gasteiger partial charge in [-0.15, -0.1) is 0 Å². The molecule has 1 aromatic rings. The number of nitrogens with one attached hydrogen (secondary N) is 1. The first-order valence-corrected chi connectivity index (χ1v) is 8.58. The zero-order valence-corrected chi connectivity index (χ0v) is 14.0. The lowest BCUT2D eigenvalue weighted by atomic mass is 10.1. The molecule has 0 bridgehead atoms. The largest absolute Gasteiger partial charge is 0.399 e. The van der Waals surface area contributed by atoms with Crippen molar-refractivity contribution in [2.75, 3.05) is 11.1 Å². The Bertz CT molecular complexity index is 624. The van der Waals surface area contributed by atoms with E-state index in [2.05, 4.69) is 5.32 Å². The van der Waals surface area contributed by atoms with E-state index in [-0.39, 0.29) is 5.92 Å². The van der Waals surface area contributed by atoms with E-state index in [0.29, 0.717) is 11.4 Å². The van der Waals surface area contributed by atoms with Crippen LogP contribution in [0.15, 0.2) is 18.2 Å². The molecule has 5 nitrogen and oxygen atoms in total. The standard InChI is InChI=1S/C15H24N2O3S/c1-9(2)11(4)21(19,20)12(5)15(18)17-14-7-6-13(16)8-10(14)3/h6-9,11-12H,16H2,1-5H3,(H,17,18). The highest BCUT2D eigenvalue weighted by Crippen LogP contribution is 2.21. The molecule has 0 aliphatic heterocycles. The van der Waals surface area contributed by atoms with E-state index in [0.717, 1.165) is 5.56 Å². The molecule has 0 spiro atoms. The Morgan fingerprint density at radius 1 is 1.19 bits per heavy atom. The maximum absolute atomic E-state index is 12.4. The van der Waals surface area contributed by atoms with Crippen LogP contribution in [0.5, 0.6) is 0 Å². The summed E-state index contributed by atoms with van der Waals surface area (Å²) in [7, 11) is -3.52. The molecule has 0 aliphatic rings. The van der Waals surface area contributed by atoms with Crippen molar-refractivity contribution >= 4 is 27.1 Å². The lowest BCUT2D eigenvalue weighted by molar-refractivity contribution is -0.115. The monoisotopic (exact) mass is 312 g/mol. The zero-order chi connectivity index (χ0) is 16.4. The van der Waals surface area contributed by atoms with Crippen molar-refractivity contribution in [2.45, 2.75) is 45.1 Å². The number of benzene rings is 1. The Morgan fingerprint density at radius 2 is 1.76 bits per heavy atom. The van der Waals surface area contributed by atoms with Crippen LogP contribution in [0.2, 0.25) is 0 Å². The van der Waals surface area contributed by atoms with Gasteiger partial charge in [-0.2, -0.15) is 0 Å². The van der Waals surface area contributed by atoms with Crippen LogP contribution in [-0.4, -0.2) is 24.8 Å². The topological polar surface area (TPSA) is 89.3 Å². The summed E-state index contributed by atoms with van der Waals surface area (Å²) < 4.78 is 24.7. The van der Waals surface area contributed by atoms with Gasteiger partial charge in [0.15, 0.2) is 9.84 Å². The minimum Gasteiger partial charge on any atom is -0.399 e. The molecule has 2 atom stereocenters. The first kappa shape index (κ1) is 17.5. The molecule has 1 rings (SSSR count). The van der Waals surface area contributed by atoms with E-state index in [1.807, 2.05) is 20.8 Å². The molecular weight excluding hydrogens is 288 g/mol. The van der Waals surface area contributed by atoms with Crippen LogP contribution in [0, 0.1) is 12.8 Å². The van der Waals surface area contributed by atoms with E-state index in [4.69, 9.17) is 5.73 Å². The van der Waals surface area contributed by atoms with Crippen LogP contribution in [0.3, 0.4) is 0 Å². The van der Waals surface area contributed by atoms with Crippen molar-refractivity contribution in [2.24, 2.45) is 5.92 Å².